The third-order valence-corrected chi connectivity index (χ3v) is 8.59. The highest BCUT2D eigenvalue weighted by Gasteiger charge is 2.23. The molecule has 248 valence electrons. The number of ether oxygens (including phenoxy) is 4. The molecular formula is C36H37ClN6O5. The molecule has 48 heavy (non-hydrogen) atoms. The van der Waals surface area contributed by atoms with Crippen molar-refractivity contribution in [1.29, 1.82) is 5.26 Å². The van der Waals surface area contributed by atoms with Crippen LogP contribution in [0.5, 0.6) is 11.5 Å². The van der Waals surface area contributed by atoms with E-state index in [1.807, 2.05) is 30.3 Å². The van der Waals surface area contributed by atoms with Crippen molar-refractivity contribution < 1.29 is 23.7 Å². The van der Waals surface area contributed by atoms with Crippen molar-refractivity contribution in [3.05, 3.63) is 88.9 Å². The first-order valence-electron chi connectivity index (χ1n) is 15.9. The summed E-state index contributed by atoms with van der Waals surface area (Å²) in [6.07, 6.45) is 7.08. The molecule has 2 N–H and O–H groups in total. The molecule has 2 aromatic heterocycles. The monoisotopic (exact) mass is 668 g/mol. The zero-order chi connectivity index (χ0) is 33.3. The summed E-state index contributed by atoms with van der Waals surface area (Å²) in [6.45, 7) is 4.66. The Morgan fingerprint density at radius 3 is 2.73 bits per heavy atom. The SMILES string of the molecule is COCCN1CCC(=CC(=O)Nc2c(OC3CCOC3)ccc3c(Nc4ccc(OCc5ccccn5)c(Cl)c4)c(C#N)cnc23)CC1. The highest BCUT2D eigenvalue weighted by atomic mass is 35.5. The number of nitrogens with one attached hydrogen (secondary N) is 2. The molecule has 6 rings (SSSR count). The summed E-state index contributed by atoms with van der Waals surface area (Å²) in [4.78, 5) is 24.7. The molecule has 2 saturated heterocycles. The van der Waals surface area contributed by atoms with Crippen LogP contribution in [-0.2, 0) is 20.9 Å². The number of hydrogen-bond donors (Lipinski definition) is 2. The first-order valence-corrected chi connectivity index (χ1v) is 16.3. The first kappa shape index (κ1) is 33.2. The van der Waals surface area contributed by atoms with Gasteiger partial charge < -0.3 is 34.5 Å². The Balaban J connectivity index is 1.27. The maximum atomic E-state index is 13.5. The number of nitriles is 1. The third-order valence-electron chi connectivity index (χ3n) is 8.30. The normalized spacial score (nSPS) is 16.4. The number of aromatic nitrogens is 2. The Morgan fingerprint density at radius 2 is 2.00 bits per heavy atom. The van der Waals surface area contributed by atoms with Crippen LogP contribution in [-0.4, -0.2) is 73.4 Å². The Hall–Kier alpha value is -4.73. The van der Waals surface area contributed by atoms with Gasteiger partial charge in [0.25, 0.3) is 0 Å². The number of hydrogen-bond acceptors (Lipinski definition) is 10. The average molecular weight is 669 g/mol. The summed E-state index contributed by atoms with van der Waals surface area (Å²) < 4.78 is 22.9. The molecule has 0 radical (unpaired) electrons. The van der Waals surface area contributed by atoms with Gasteiger partial charge in [0, 0.05) is 62.7 Å². The minimum Gasteiger partial charge on any atom is -0.486 e. The maximum Gasteiger partial charge on any atom is 0.248 e. The molecule has 2 aliphatic heterocycles. The molecule has 0 aliphatic carbocycles. The Kier molecular flexibility index (Phi) is 11.0. The van der Waals surface area contributed by atoms with E-state index in [1.54, 1.807) is 37.6 Å². The second-order valence-corrected chi connectivity index (χ2v) is 12.0. The Labute approximate surface area is 284 Å². The van der Waals surface area contributed by atoms with Crippen LogP contribution in [0.2, 0.25) is 5.02 Å². The fourth-order valence-corrected chi connectivity index (χ4v) is 5.95. The molecule has 1 atom stereocenters. The van der Waals surface area contributed by atoms with Crippen LogP contribution >= 0.6 is 11.6 Å². The van der Waals surface area contributed by atoms with Crippen molar-refractivity contribution in [1.82, 2.24) is 14.9 Å². The van der Waals surface area contributed by atoms with E-state index in [4.69, 9.17) is 30.5 Å². The molecule has 2 aliphatic rings. The van der Waals surface area contributed by atoms with Gasteiger partial charge in [0.05, 0.1) is 47.3 Å². The van der Waals surface area contributed by atoms with Gasteiger partial charge >= 0.3 is 0 Å². The summed E-state index contributed by atoms with van der Waals surface area (Å²) in [5.41, 5.74) is 4.27. The molecule has 12 heteroatoms. The molecule has 0 bridgehead atoms. The van der Waals surface area contributed by atoms with Gasteiger partial charge in [-0.25, -0.2) is 0 Å². The molecule has 11 nitrogen and oxygen atoms in total. The summed E-state index contributed by atoms with van der Waals surface area (Å²) in [6, 6.07) is 16.8. The van der Waals surface area contributed by atoms with Gasteiger partial charge in [0.2, 0.25) is 5.91 Å². The number of benzene rings is 2. The summed E-state index contributed by atoms with van der Waals surface area (Å²) >= 11 is 6.60. The Bertz CT molecular complexity index is 1810. The van der Waals surface area contributed by atoms with Crippen molar-refractivity contribution in [2.75, 3.05) is 57.2 Å². The van der Waals surface area contributed by atoms with Crippen molar-refractivity contribution in [2.45, 2.75) is 32.0 Å². The molecule has 2 aromatic carbocycles. The van der Waals surface area contributed by atoms with E-state index in [0.29, 0.717) is 69.9 Å². The van der Waals surface area contributed by atoms with Crippen LogP contribution in [0.15, 0.2) is 72.6 Å². The lowest BCUT2D eigenvalue weighted by molar-refractivity contribution is -0.112. The maximum absolute atomic E-state index is 13.5. The number of pyridine rings is 2. The third kappa shape index (κ3) is 8.21. The number of piperidine rings is 1. The van der Waals surface area contributed by atoms with Gasteiger partial charge in [-0.3, -0.25) is 14.8 Å². The van der Waals surface area contributed by atoms with Gasteiger partial charge in [-0.1, -0.05) is 23.2 Å². The van der Waals surface area contributed by atoms with E-state index >= 15 is 0 Å². The second-order valence-electron chi connectivity index (χ2n) is 11.6. The molecule has 0 saturated carbocycles. The molecule has 1 amide bonds. The number of carbonyl (C=O) groups excluding carboxylic acids is 1. The predicted molar refractivity (Wildman–Crippen MR) is 184 cm³/mol. The molecule has 1 unspecified atom stereocenters. The van der Waals surface area contributed by atoms with Crippen molar-refractivity contribution in [3.63, 3.8) is 0 Å². The number of carbonyl (C=O) groups is 1. The van der Waals surface area contributed by atoms with Crippen LogP contribution in [0.3, 0.4) is 0 Å². The van der Waals surface area contributed by atoms with E-state index in [-0.39, 0.29) is 18.6 Å². The Morgan fingerprint density at radius 1 is 1.15 bits per heavy atom. The number of rotatable bonds is 12. The van der Waals surface area contributed by atoms with Crippen molar-refractivity contribution in [2.24, 2.45) is 0 Å². The lowest BCUT2D eigenvalue weighted by Gasteiger charge is -2.27. The zero-order valence-electron chi connectivity index (χ0n) is 26.7. The summed E-state index contributed by atoms with van der Waals surface area (Å²) in [5, 5.41) is 17.5. The highest BCUT2D eigenvalue weighted by molar-refractivity contribution is 6.32. The second kappa shape index (κ2) is 15.9. The summed E-state index contributed by atoms with van der Waals surface area (Å²) in [7, 11) is 1.70. The minimum atomic E-state index is -0.260. The van der Waals surface area contributed by atoms with Gasteiger partial charge in [-0.2, -0.15) is 5.26 Å². The molecular weight excluding hydrogens is 632 g/mol. The first-order chi connectivity index (χ1) is 23.5. The van der Waals surface area contributed by atoms with Gasteiger partial charge in [0.1, 0.15) is 36.0 Å². The molecule has 4 aromatic rings. The zero-order valence-corrected chi connectivity index (χ0v) is 27.5. The van der Waals surface area contributed by atoms with Crippen LogP contribution < -0.4 is 20.1 Å². The largest absolute Gasteiger partial charge is 0.486 e. The van der Waals surface area contributed by atoms with E-state index in [9.17, 15) is 10.1 Å². The molecule has 0 spiro atoms. The van der Waals surface area contributed by atoms with Crippen LogP contribution in [0.4, 0.5) is 17.1 Å². The standard InChI is InChI=1S/C36H37ClN6O5/c1-45-17-15-43-13-9-24(10-14-43)18-33(44)42-36-32(48-28-11-16-46-23-28)8-6-29-34(25(20-38)21-40-35(29)36)41-26-5-7-31(30(37)19-26)47-22-27-4-2-3-12-39-27/h2-8,12,18-19,21,28H,9-11,13-17,22-23H2,1H3,(H,40,41)(H,42,44). The van der Waals surface area contributed by atoms with Crippen molar-refractivity contribution in [3.8, 4) is 17.6 Å². The number of methoxy groups -OCH3 is 1. The number of fused-ring (bicyclic) bond motifs is 1. The molecule has 2 fully saturated rings. The number of anilines is 3. The van der Waals surface area contributed by atoms with Crippen LogP contribution in [0.1, 0.15) is 30.5 Å². The highest BCUT2D eigenvalue weighted by Crippen LogP contribution is 2.39. The topological polar surface area (TPSA) is 131 Å². The van der Waals surface area contributed by atoms with Gasteiger partial charge in [-0.05, 0) is 55.3 Å². The predicted octanol–water partition coefficient (Wildman–Crippen LogP) is 6.25. The molecule has 4 heterocycles. The minimum absolute atomic E-state index is 0.149. The van der Waals surface area contributed by atoms with Gasteiger partial charge in [0.15, 0.2) is 0 Å². The lowest BCUT2D eigenvalue weighted by atomic mass is 10.0. The fourth-order valence-electron chi connectivity index (χ4n) is 5.72. The quantitative estimate of drug-likeness (QED) is 0.167. The van der Waals surface area contributed by atoms with Crippen LogP contribution in [0.25, 0.3) is 10.9 Å². The average Bonchev–Trinajstić information content (AvgIpc) is 3.62. The van der Waals surface area contributed by atoms with E-state index < -0.39 is 0 Å². The van der Waals surface area contributed by atoms with Crippen LogP contribution in [0, 0.1) is 11.3 Å². The number of halogens is 1. The van der Waals surface area contributed by atoms with Gasteiger partial charge in [-0.15, -0.1) is 0 Å². The number of amides is 1. The smallest absolute Gasteiger partial charge is 0.248 e. The van der Waals surface area contributed by atoms with Crippen molar-refractivity contribution >= 4 is 45.5 Å². The number of nitrogens with zero attached hydrogens (tertiary/aromatic N) is 4. The fraction of sp³-hybridized carbons (Fsp3) is 0.333. The number of likely N-dealkylation sites (tertiary alicyclic amines) is 1. The van der Waals surface area contributed by atoms with E-state index in [1.165, 1.54) is 6.20 Å². The van der Waals surface area contributed by atoms with E-state index in [2.05, 4.69) is 31.6 Å². The summed E-state index contributed by atoms with van der Waals surface area (Å²) in [5.74, 6) is 0.731. The van der Waals surface area contributed by atoms with E-state index in [0.717, 1.165) is 50.2 Å². The lowest BCUT2D eigenvalue weighted by Crippen LogP contribution is -2.33.